The summed E-state index contributed by atoms with van der Waals surface area (Å²) < 4.78 is 4.81. The van der Waals surface area contributed by atoms with Gasteiger partial charge in [0, 0.05) is 59.4 Å². The molecule has 0 spiro atoms. The predicted octanol–water partition coefficient (Wildman–Crippen LogP) is 8.64. The van der Waals surface area contributed by atoms with Crippen LogP contribution in [0.25, 0.3) is 0 Å². The Balaban J connectivity index is 0.000000211. The van der Waals surface area contributed by atoms with Gasteiger partial charge in [0.15, 0.2) is 0 Å². The molecule has 2 aliphatic carbocycles. The number of carbonyl (C=O) groups is 2. The average molecular weight is 745 g/mol. The van der Waals surface area contributed by atoms with Crippen LogP contribution in [0.1, 0.15) is 134 Å². The number of ether oxygens (including phenoxy) is 1. The molecule has 6 rings (SSSR count). The number of rotatable bonds is 18. The topological polar surface area (TPSA) is 141 Å². The SMILES string of the molecule is COC(=O)C[C@H](/C=C/CCCCc1ccc2c(n1)CCCC2)c1cncnc1.O=C(O)C[C@H](/C=C/CCCCc1ccc2c(n1)CCCC2)c1cncnc1. The van der Waals surface area contributed by atoms with Crippen molar-refractivity contribution in [2.24, 2.45) is 0 Å². The summed E-state index contributed by atoms with van der Waals surface area (Å²) in [6.07, 6.45) is 36.6. The van der Waals surface area contributed by atoms with Crippen LogP contribution in [0.3, 0.4) is 0 Å². The molecule has 0 saturated heterocycles. The van der Waals surface area contributed by atoms with Gasteiger partial charge in [-0.25, -0.2) is 19.9 Å². The fraction of sp³-hybridized carbons (Fsp3) is 0.467. The molecular weight excluding hydrogens is 689 g/mol. The van der Waals surface area contributed by atoms with E-state index in [0.717, 1.165) is 75.3 Å². The summed E-state index contributed by atoms with van der Waals surface area (Å²) in [5.41, 5.74) is 9.69. The Morgan fingerprint density at radius 2 is 1.11 bits per heavy atom. The molecule has 0 aromatic carbocycles. The second kappa shape index (κ2) is 22.9. The zero-order valence-electron chi connectivity index (χ0n) is 32.3. The Morgan fingerprint density at radius 1 is 0.655 bits per heavy atom. The fourth-order valence-corrected chi connectivity index (χ4v) is 7.24. The Hall–Kier alpha value is -5.12. The maximum Gasteiger partial charge on any atom is 0.306 e. The van der Waals surface area contributed by atoms with Crippen molar-refractivity contribution in [3.63, 3.8) is 0 Å². The molecule has 4 heterocycles. The number of carbonyl (C=O) groups excluding carboxylic acids is 1. The van der Waals surface area contributed by atoms with Crippen LogP contribution in [0.15, 0.2) is 86.0 Å². The smallest absolute Gasteiger partial charge is 0.306 e. The lowest BCUT2D eigenvalue weighted by Gasteiger charge is -2.15. The monoisotopic (exact) mass is 744 g/mol. The molecular formula is C45H56N6O4. The van der Waals surface area contributed by atoms with Crippen LogP contribution in [0.2, 0.25) is 0 Å². The number of nitrogens with zero attached hydrogens (tertiary/aromatic N) is 6. The van der Waals surface area contributed by atoms with E-state index in [-0.39, 0.29) is 24.2 Å². The molecule has 2 atom stereocenters. The van der Waals surface area contributed by atoms with Crippen LogP contribution in [0, 0.1) is 0 Å². The van der Waals surface area contributed by atoms with E-state index in [2.05, 4.69) is 62.4 Å². The Bertz CT molecular complexity index is 1830. The first-order valence-electron chi connectivity index (χ1n) is 20.1. The minimum Gasteiger partial charge on any atom is -0.481 e. The molecule has 10 nitrogen and oxygen atoms in total. The maximum atomic E-state index is 11.7. The van der Waals surface area contributed by atoms with Crippen molar-refractivity contribution in [1.29, 1.82) is 0 Å². The molecule has 0 unspecified atom stereocenters. The molecule has 0 radical (unpaired) electrons. The van der Waals surface area contributed by atoms with Gasteiger partial charge < -0.3 is 9.84 Å². The van der Waals surface area contributed by atoms with E-state index in [9.17, 15) is 9.59 Å². The number of fused-ring (bicyclic) bond motifs is 2. The van der Waals surface area contributed by atoms with Gasteiger partial charge >= 0.3 is 11.9 Å². The van der Waals surface area contributed by atoms with E-state index in [1.807, 2.05) is 6.08 Å². The Morgan fingerprint density at radius 3 is 1.56 bits per heavy atom. The molecule has 0 fully saturated rings. The zero-order chi connectivity index (χ0) is 38.5. The fourth-order valence-electron chi connectivity index (χ4n) is 7.24. The number of carboxylic acids is 1. The number of pyridine rings is 2. The first-order valence-corrected chi connectivity index (χ1v) is 20.1. The van der Waals surface area contributed by atoms with Gasteiger partial charge in [-0.1, -0.05) is 36.4 Å². The number of aliphatic carboxylic acids is 1. The van der Waals surface area contributed by atoms with Crippen molar-refractivity contribution in [2.75, 3.05) is 7.11 Å². The van der Waals surface area contributed by atoms with Crippen molar-refractivity contribution in [1.82, 2.24) is 29.9 Å². The molecule has 4 aromatic heterocycles. The van der Waals surface area contributed by atoms with E-state index >= 15 is 0 Å². The minimum atomic E-state index is -0.813. The first-order chi connectivity index (χ1) is 27.0. The van der Waals surface area contributed by atoms with E-state index < -0.39 is 5.97 Å². The van der Waals surface area contributed by atoms with Gasteiger partial charge in [-0.05, 0) is 137 Å². The number of carboxylic acid groups (broad SMARTS) is 1. The van der Waals surface area contributed by atoms with E-state index in [1.165, 1.54) is 92.2 Å². The van der Waals surface area contributed by atoms with Gasteiger partial charge in [0.05, 0.1) is 20.0 Å². The summed E-state index contributed by atoms with van der Waals surface area (Å²) in [4.78, 5) is 48.6. The minimum absolute atomic E-state index is 0.0454. The standard InChI is InChI=1S/C23H29N3O2.C22H27N3O2/c1-28-23(27)14-19(20-15-24-17-25-16-20)9-4-2-3-5-10-21-13-12-18-8-6-7-11-22(18)26-21;26-22(27)13-18(19-14-23-16-24-15-19)8-3-1-2-4-9-20-12-11-17-7-5-6-10-21(17)25-20/h4,9,12-13,15-17,19H,2-3,5-8,10-11,14H2,1H3;3,8,11-12,14-16,18H,1-2,4-7,9-10,13H2,(H,26,27)/b9-4+;8-3+/t19-;18-/m00/s1. The Labute approximate surface area is 326 Å². The summed E-state index contributed by atoms with van der Waals surface area (Å²) in [6, 6.07) is 8.91. The van der Waals surface area contributed by atoms with Crippen molar-refractivity contribution in [3.8, 4) is 0 Å². The third-order valence-corrected chi connectivity index (χ3v) is 10.3. The molecule has 55 heavy (non-hydrogen) atoms. The van der Waals surface area contributed by atoms with Crippen molar-refractivity contribution >= 4 is 11.9 Å². The number of aryl methyl sites for hydroxylation is 6. The first kappa shape index (κ1) is 41.1. The van der Waals surface area contributed by atoms with Crippen LogP contribution in [0.4, 0.5) is 0 Å². The zero-order valence-corrected chi connectivity index (χ0v) is 32.3. The van der Waals surface area contributed by atoms with Crippen LogP contribution < -0.4 is 0 Å². The summed E-state index contributed by atoms with van der Waals surface area (Å²) in [5, 5.41) is 9.11. The molecule has 0 aliphatic heterocycles. The molecule has 0 saturated carbocycles. The summed E-state index contributed by atoms with van der Waals surface area (Å²) in [7, 11) is 1.42. The number of methoxy groups -OCH3 is 1. The molecule has 1 N–H and O–H groups in total. The molecule has 2 aliphatic rings. The quantitative estimate of drug-likeness (QED) is 0.0598. The predicted molar refractivity (Wildman–Crippen MR) is 214 cm³/mol. The maximum absolute atomic E-state index is 11.7. The number of hydrogen-bond donors (Lipinski definition) is 1. The molecule has 10 heteroatoms. The van der Waals surface area contributed by atoms with Gasteiger partial charge in [0.1, 0.15) is 12.7 Å². The molecule has 0 amide bonds. The summed E-state index contributed by atoms with van der Waals surface area (Å²) in [5.74, 6) is -1.26. The van der Waals surface area contributed by atoms with Gasteiger partial charge in [0.25, 0.3) is 0 Å². The van der Waals surface area contributed by atoms with Crippen LogP contribution >= 0.6 is 0 Å². The third kappa shape index (κ3) is 14.2. The van der Waals surface area contributed by atoms with Crippen molar-refractivity contribution in [3.05, 3.63) is 131 Å². The normalized spacial score (nSPS) is 14.7. The highest BCUT2D eigenvalue weighted by Gasteiger charge is 2.16. The number of esters is 1. The largest absolute Gasteiger partial charge is 0.481 e. The van der Waals surface area contributed by atoms with E-state index in [0.29, 0.717) is 6.42 Å². The van der Waals surface area contributed by atoms with Crippen molar-refractivity contribution in [2.45, 2.75) is 127 Å². The molecule has 0 bridgehead atoms. The Kier molecular flexibility index (Phi) is 17.1. The second-order valence-electron chi connectivity index (χ2n) is 14.5. The number of aromatic nitrogens is 6. The van der Waals surface area contributed by atoms with Crippen LogP contribution in [-0.2, 0) is 52.9 Å². The highest BCUT2D eigenvalue weighted by atomic mass is 16.5. The summed E-state index contributed by atoms with van der Waals surface area (Å²) >= 11 is 0. The van der Waals surface area contributed by atoms with Crippen LogP contribution in [-0.4, -0.2) is 54.1 Å². The molecule has 4 aromatic rings. The van der Waals surface area contributed by atoms with Gasteiger partial charge in [0.2, 0.25) is 0 Å². The highest BCUT2D eigenvalue weighted by Crippen LogP contribution is 2.24. The lowest BCUT2D eigenvalue weighted by molar-refractivity contribution is -0.141. The average Bonchev–Trinajstić information content (AvgIpc) is 3.23. The highest BCUT2D eigenvalue weighted by molar-refractivity contribution is 5.70. The lowest BCUT2D eigenvalue weighted by atomic mass is 9.95. The lowest BCUT2D eigenvalue weighted by Crippen LogP contribution is -2.07. The van der Waals surface area contributed by atoms with E-state index in [4.69, 9.17) is 19.8 Å². The second-order valence-corrected chi connectivity index (χ2v) is 14.5. The van der Waals surface area contributed by atoms with Gasteiger partial charge in [-0.2, -0.15) is 0 Å². The number of allylic oxidation sites excluding steroid dienone is 4. The van der Waals surface area contributed by atoms with E-state index in [1.54, 1.807) is 24.8 Å². The van der Waals surface area contributed by atoms with Crippen LogP contribution in [0.5, 0.6) is 0 Å². The number of hydrogen-bond acceptors (Lipinski definition) is 9. The number of unbranched alkanes of at least 4 members (excludes halogenated alkanes) is 4. The van der Waals surface area contributed by atoms with Gasteiger partial charge in [-0.3, -0.25) is 19.6 Å². The van der Waals surface area contributed by atoms with Crippen molar-refractivity contribution < 1.29 is 19.4 Å². The third-order valence-electron chi connectivity index (χ3n) is 10.3. The van der Waals surface area contributed by atoms with Gasteiger partial charge in [-0.15, -0.1) is 0 Å². The molecule has 290 valence electrons. The summed E-state index contributed by atoms with van der Waals surface area (Å²) in [6.45, 7) is 0.